The molecule has 0 aliphatic carbocycles. The van der Waals surface area contributed by atoms with Gasteiger partial charge in [-0.25, -0.2) is 0 Å². The van der Waals surface area contributed by atoms with Gasteiger partial charge in [-0.3, -0.25) is 19.6 Å². The molecule has 0 bridgehead atoms. The lowest BCUT2D eigenvalue weighted by molar-refractivity contribution is -0.133. The molecule has 98 valence electrons. The minimum absolute atomic E-state index is 0.0518. The van der Waals surface area contributed by atoms with Gasteiger partial charge in [0.25, 0.3) is 0 Å². The molecule has 1 aromatic heterocycles. The smallest absolute Gasteiger partial charge is 0.313 e. The van der Waals surface area contributed by atoms with Crippen molar-refractivity contribution in [2.45, 2.75) is 6.42 Å². The molecule has 0 radical (unpaired) electrons. The first-order chi connectivity index (χ1) is 8.59. The van der Waals surface area contributed by atoms with E-state index in [2.05, 4.69) is 9.97 Å². The Morgan fingerprint density at radius 2 is 2.17 bits per heavy atom. The molecule has 0 fully saturated rings. The molecule has 0 spiro atoms. The minimum Gasteiger partial charge on any atom is -0.481 e. The molecule has 1 rings (SSSR count). The Hall–Kier alpha value is -1.63. The first-order valence-corrected chi connectivity index (χ1v) is 6.53. The topological polar surface area (TPSA) is 83.4 Å². The molecule has 0 aliphatic rings. The molecule has 1 amide bonds. The molecular formula is C11H15N3O3S. The lowest BCUT2D eigenvalue weighted by Crippen LogP contribution is -2.30. The minimum atomic E-state index is -0.907. The van der Waals surface area contributed by atoms with Gasteiger partial charge in [0.2, 0.25) is 5.91 Å². The standard InChI is InChI=1S/C11H15N3O3S/c1-14(10(15)7-18-8-11(16)17)5-2-9-6-12-3-4-13-9/h3-4,6H,2,5,7-8H2,1H3,(H,16,17). The maximum Gasteiger partial charge on any atom is 0.313 e. The second kappa shape index (κ2) is 7.65. The van der Waals surface area contributed by atoms with E-state index in [-0.39, 0.29) is 17.4 Å². The highest BCUT2D eigenvalue weighted by atomic mass is 32.2. The van der Waals surface area contributed by atoms with Gasteiger partial charge >= 0.3 is 5.97 Å². The molecule has 0 saturated heterocycles. The van der Waals surface area contributed by atoms with Gasteiger partial charge in [-0.1, -0.05) is 0 Å². The third-order valence-corrected chi connectivity index (χ3v) is 3.10. The van der Waals surface area contributed by atoms with Crippen molar-refractivity contribution in [3.05, 3.63) is 24.3 Å². The van der Waals surface area contributed by atoms with Crippen LogP contribution in [-0.4, -0.2) is 56.9 Å². The summed E-state index contributed by atoms with van der Waals surface area (Å²) in [4.78, 5) is 31.5. The maximum absolute atomic E-state index is 11.6. The monoisotopic (exact) mass is 269 g/mol. The Morgan fingerprint density at radius 1 is 1.39 bits per heavy atom. The van der Waals surface area contributed by atoms with Gasteiger partial charge in [0.1, 0.15) is 0 Å². The first-order valence-electron chi connectivity index (χ1n) is 5.38. The number of carbonyl (C=O) groups excluding carboxylic acids is 1. The molecule has 1 heterocycles. The van der Waals surface area contributed by atoms with Gasteiger partial charge in [0.05, 0.1) is 17.2 Å². The molecule has 18 heavy (non-hydrogen) atoms. The fraction of sp³-hybridized carbons (Fsp3) is 0.455. The number of rotatable bonds is 7. The van der Waals surface area contributed by atoms with Crippen molar-refractivity contribution < 1.29 is 14.7 Å². The second-order valence-electron chi connectivity index (χ2n) is 3.65. The van der Waals surface area contributed by atoms with E-state index < -0.39 is 5.97 Å². The van der Waals surface area contributed by atoms with E-state index >= 15 is 0 Å². The highest BCUT2D eigenvalue weighted by Crippen LogP contribution is 2.02. The highest BCUT2D eigenvalue weighted by molar-refractivity contribution is 8.00. The largest absolute Gasteiger partial charge is 0.481 e. The quantitative estimate of drug-likeness (QED) is 0.766. The zero-order valence-electron chi connectivity index (χ0n) is 10.1. The van der Waals surface area contributed by atoms with Crippen molar-refractivity contribution >= 4 is 23.6 Å². The normalized spacial score (nSPS) is 10.1. The molecule has 0 aliphatic heterocycles. The number of hydrogen-bond donors (Lipinski definition) is 1. The number of aromatic nitrogens is 2. The third kappa shape index (κ3) is 5.62. The van der Waals surface area contributed by atoms with E-state index in [1.54, 1.807) is 30.5 Å². The summed E-state index contributed by atoms with van der Waals surface area (Å²) in [6, 6.07) is 0. The zero-order valence-corrected chi connectivity index (χ0v) is 10.9. The van der Waals surface area contributed by atoms with Crippen molar-refractivity contribution in [2.24, 2.45) is 0 Å². The average Bonchev–Trinajstić information content (AvgIpc) is 2.36. The molecule has 1 N–H and O–H groups in total. The predicted molar refractivity (Wildman–Crippen MR) is 68.3 cm³/mol. The lowest BCUT2D eigenvalue weighted by atomic mass is 10.3. The van der Waals surface area contributed by atoms with Crippen LogP contribution in [-0.2, 0) is 16.0 Å². The number of carbonyl (C=O) groups is 2. The van der Waals surface area contributed by atoms with Gasteiger partial charge < -0.3 is 10.0 Å². The Kier molecular flexibility index (Phi) is 6.13. The molecule has 1 aromatic rings. The van der Waals surface area contributed by atoms with Crippen molar-refractivity contribution in [3.8, 4) is 0 Å². The van der Waals surface area contributed by atoms with Crippen LogP contribution >= 0.6 is 11.8 Å². The molecular weight excluding hydrogens is 254 g/mol. The fourth-order valence-electron chi connectivity index (χ4n) is 1.20. The number of carboxylic acid groups (broad SMARTS) is 1. The number of likely N-dealkylation sites (N-methyl/N-ethyl adjacent to an activating group) is 1. The molecule has 0 unspecified atom stereocenters. The van der Waals surface area contributed by atoms with Crippen molar-refractivity contribution in [2.75, 3.05) is 25.1 Å². The van der Waals surface area contributed by atoms with E-state index in [4.69, 9.17) is 5.11 Å². The van der Waals surface area contributed by atoms with Crippen LogP contribution in [0.1, 0.15) is 5.69 Å². The number of carboxylic acids is 1. The van der Waals surface area contributed by atoms with Crippen molar-refractivity contribution in [1.29, 1.82) is 0 Å². The molecule has 0 saturated carbocycles. The average molecular weight is 269 g/mol. The predicted octanol–water partition coefficient (Wildman–Crippen LogP) is 0.295. The summed E-state index contributed by atoms with van der Waals surface area (Å²) >= 11 is 1.10. The van der Waals surface area contributed by atoms with Crippen LogP contribution in [0.3, 0.4) is 0 Å². The number of nitrogens with zero attached hydrogens (tertiary/aromatic N) is 3. The highest BCUT2D eigenvalue weighted by Gasteiger charge is 2.10. The lowest BCUT2D eigenvalue weighted by Gasteiger charge is -2.16. The van der Waals surface area contributed by atoms with Crippen LogP contribution < -0.4 is 0 Å². The van der Waals surface area contributed by atoms with Crippen LogP contribution in [0.15, 0.2) is 18.6 Å². The summed E-state index contributed by atoms with van der Waals surface area (Å²) in [5, 5.41) is 8.46. The Morgan fingerprint density at radius 3 is 2.78 bits per heavy atom. The van der Waals surface area contributed by atoms with E-state index in [1.807, 2.05) is 0 Å². The Labute approximate surface area is 109 Å². The van der Waals surface area contributed by atoms with E-state index in [1.165, 1.54) is 0 Å². The van der Waals surface area contributed by atoms with Gasteiger partial charge in [0.15, 0.2) is 0 Å². The number of hydrogen-bond acceptors (Lipinski definition) is 5. The fourth-order valence-corrected chi connectivity index (χ4v) is 1.87. The first kappa shape index (κ1) is 14.4. The number of thioether (sulfide) groups is 1. The zero-order chi connectivity index (χ0) is 13.4. The summed E-state index contributed by atoms with van der Waals surface area (Å²) in [5.74, 6) is -0.854. The number of amides is 1. The summed E-state index contributed by atoms with van der Waals surface area (Å²) in [6.07, 6.45) is 5.51. The third-order valence-electron chi connectivity index (χ3n) is 2.20. The summed E-state index contributed by atoms with van der Waals surface area (Å²) in [6.45, 7) is 0.547. The summed E-state index contributed by atoms with van der Waals surface area (Å²) < 4.78 is 0. The Bertz CT molecular complexity index is 400. The van der Waals surface area contributed by atoms with Crippen LogP contribution in [0.5, 0.6) is 0 Å². The summed E-state index contributed by atoms with van der Waals surface area (Å²) in [7, 11) is 1.69. The molecule has 6 nitrogen and oxygen atoms in total. The van der Waals surface area contributed by atoms with Crippen LogP contribution in [0.4, 0.5) is 0 Å². The van der Waals surface area contributed by atoms with Gasteiger partial charge in [-0.2, -0.15) is 0 Å². The maximum atomic E-state index is 11.6. The van der Waals surface area contributed by atoms with Crippen molar-refractivity contribution in [1.82, 2.24) is 14.9 Å². The molecule has 0 atom stereocenters. The van der Waals surface area contributed by atoms with Gasteiger partial charge in [0, 0.05) is 38.6 Å². The van der Waals surface area contributed by atoms with E-state index in [0.29, 0.717) is 13.0 Å². The van der Waals surface area contributed by atoms with Crippen molar-refractivity contribution in [3.63, 3.8) is 0 Å². The van der Waals surface area contributed by atoms with E-state index in [0.717, 1.165) is 17.5 Å². The van der Waals surface area contributed by atoms with Crippen LogP contribution in [0.2, 0.25) is 0 Å². The van der Waals surface area contributed by atoms with Crippen LogP contribution in [0.25, 0.3) is 0 Å². The molecule has 0 aromatic carbocycles. The summed E-state index contributed by atoms with van der Waals surface area (Å²) in [5.41, 5.74) is 0.829. The molecule has 7 heteroatoms. The second-order valence-corrected chi connectivity index (χ2v) is 4.63. The Balaban J connectivity index is 2.25. The SMILES string of the molecule is CN(CCc1cnccn1)C(=O)CSCC(=O)O. The van der Waals surface area contributed by atoms with E-state index in [9.17, 15) is 9.59 Å². The number of aliphatic carboxylic acids is 1. The van der Waals surface area contributed by atoms with Gasteiger partial charge in [-0.05, 0) is 0 Å². The van der Waals surface area contributed by atoms with Gasteiger partial charge in [-0.15, -0.1) is 11.8 Å². The van der Waals surface area contributed by atoms with Crippen LogP contribution in [0, 0.1) is 0 Å².